The highest BCUT2D eigenvalue weighted by Gasteiger charge is 2.13. The number of amides is 2. The van der Waals surface area contributed by atoms with E-state index in [2.05, 4.69) is 10.6 Å². The van der Waals surface area contributed by atoms with Gasteiger partial charge >= 0.3 is 0 Å². The van der Waals surface area contributed by atoms with Crippen LogP contribution in [0.2, 0.25) is 0 Å². The van der Waals surface area contributed by atoms with Crippen LogP contribution in [-0.2, 0) is 0 Å². The first-order chi connectivity index (χ1) is 12.6. The Balaban J connectivity index is 1.65. The van der Waals surface area contributed by atoms with Gasteiger partial charge in [-0.15, -0.1) is 0 Å². The van der Waals surface area contributed by atoms with Gasteiger partial charge in [0.15, 0.2) is 5.76 Å². The molecule has 2 N–H and O–H groups in total. The number of furan rings is 1. The van der Waals surface area contributed by atoms with Gasteiger partial charge in [-0.05, 0) is 48.5 Å². The van der Waals surface area contributed by atoms with Crippen LogP contribution >= 0.6 is 0 Å². The van der Waals surface area contributed by atoms with E-state index < -0.39 is 11.7 Å². The molecule has 1 heterocycles. The van der Waals surface area contributed by atoms with E-state index in [9.17, 15) is 14.0 Å². The van der Waals surface area contributed by atoms with E-state index in [1.54, 1.807) is 36.4 Å². The number of halogens is 1. The lowest BCUT2D eigenvalue weighted by Gasteiger charge is -2.09. The molecule has 132 valence electrons. The fourth-order valence-electron chi connectivity index (χ4n) is 2.24. The van der Waals surface area contributed by atoms with Gasteiger partial charge in [-0.3, -0.25) is 9.59 Å². The topological polar surface area (TPSA) is 80.6 Å². The normalized spacial score (nSPS) is 10.2. The van der Waals surface area contributed by atoms with Crippen molar-refractivity contribution >= 4 is 23.2 Å². The summed E-state index contributed by atoms with van der Waals surface area (Å²) in [6, 6.07) is 13.6. The molecule has 1 aromatic heterocycles. The van der Waals surface area contributed by atoms with E-state index >= 15 is 0 Å². The number of benzene rings is 2. The van der Waals surface area contributed by atoms with Crippen LogP contribution in [-0.4, -0.2) is 18.9 Å². The SMILES string of the molecule is COc1ccc(C(=O)Nc2ccc(NC(=O)c3ccco3)cc2)c(F)c1. The average Bonchev–Trinajstić information content (AvgIpc) is 3.18. The van der Waals surface area contributed by atoms with Crippen molar-refractivity contribution in [2.24, 2.45) is 0 Å². The van der Waals surface area contributed by atoms with E-state index in [0.717, 1.165) is 6.07 Å². The molecule has 0 atom stereocenters. The summed E-state index contributed by atoms with van der Waals surface area (Å²) in [4.78, 5) is 24.1. The molecule has 0 fully saturated rings. The second-order valence-corrected chi connectivity index (χ2v) is 5.31. The van der Waals surface area contributed by atoms with Crippen LogP contribution in [0.3, 0.4) is 0 Å². The minimum Gasteiger partial charge on any atom is -0.497 e. The molecule has 0 aliphatic rings. The number of methoxy groups -OCH3 is 1. The monoisotopic (exact) mass is 354 g/mol. The van der Waals surface area contributed by atoms with E-state index in [1.807, 2.05) is 0 Å². The van der Waals surface area contributed by atoms with Crippen molar-refractivity contribution in [3.05, 3.63) is 78.0 Å². The summed E-state index contributed by atoms with van der Waals surface area (Å²) in [5.74, 6) is -1.12. The summed E-state index contributed by atoms with van der Waals surface area (Å²) in [7, 11) is 1.42. The van der Waals surface area contributed by atoms with E-state index in [0.29, 0.717) is 17.1 Å². The third-order valence-electron chi connectivity index (χ3n) is 3.57. The molecule has 0 saturated carbocycles. The van der Waals surface area contributed by atoms with Crippen LogP contribution in [0.5, 0.6) is 5.75 Å². The zero-order valence-corrected chi connectivity index (χ0v) is 13.8. The first-order valence-corrected chi connectivity index (χ1v) is 7.66. The number of carbonyl (C=O) groups is 2. The summed E-state index contributed by atoms with van der Waals surface area (Å²) in [6.07, 6.45) is 1.41. The summed E-state index contributed by atoms with van der Waals surface area (Å²) >= 11 is 0. The van der Waals surface area contributed by atoms with Crippen molar-refractivity contribution in [3.8, 4) is 5.75 Å². The highest BCUT2D eigenvalue weighted by Crippen LogP contribution is 2.19. The number of hydrogen-bond acceptors (Lipinski definition) is 4. The fraction of sp³-hybridized carbons (Fsp3) is 0.0526. The van der Waals surface area contributed by atoms with Crippen LogP contribution in [0.25, 0.3) is 0 Å². The van der Waals surface area contributed by atoms with Gasteiger partial charge in [-0.25, -0.2) is 4.39 Å². The summed E-state index contributed by atoms with van der Waals surface area (Å²) in [5, 5.41) is 5.25. The van der Waals surface area contributed by atoms with Crippen LogP contribution in [0.15, 0.2) is 65.3 Å². The van der Waals surface area contributed by atoms with Gasteiger partial charge in [0.25, 0.3) is 11.8 Å². The minimum absolute atomic E-state index is 0.0963. The average molecular weight is 354 g/mol. The van der Waals surface area contributed by atoms with Crippen LogP contribution in [0.1, 0.15) is 20.9 Å². The van der Waals surface area contributed by atoms with Gasteiger partial charge in [0, 0.05) is 17.4 Å². The van der Waals surface area contributed by atoms with Crippen LogP contribution in [0, 0.1) is 5.82 Å². The van der Waals surface area contributed by atoms with E-state index in [1.165, 1.54) is 25.5 Å². The Bertz CT molecular complexity index is 921. The molecule has 0 aliphatic heterocycles. The Kier molecular flexibility index (Phi) is 4.98. The molecule has 7 heteroatoms. The standard InChI is InChI=1S/C19H15FN2O4/c1-25-14-8-9-15(16(20)11-14)18(23)21-12-4-6-13(7-5-12)22-19(24)17-3-2-10-26-17/h2-11H,1H3,(H,21,23)(H,22,24). The maximum atomic E-state index is 13.9. The van der Waals surface area contributed by atoms with E-state index in [4.69, 9.17) is 9.15 Å². The highest BCUT2D eigenvalue weighted by atomic mass is 19.1. The molecule has 3 aromatic rings. The van der Waals surface area contributed by atoms with Crippen LogP contribution < -0.4 is 15.4 Å². The number of nitrogens with one attached hydrogen (secondary N) is 2. The maximum Gasteiger partial charge on any atom is 0.291 e. The van der Waals surface area contributed by atoms with Crippen molar-refractivity contribution in [2.75, 3.05) is 17.7 Å². The quantitative estimate of drug-likeness (QED) is 0.727. The van der Waals surface area contributed by atoms with Crippen molar-refractivity contribution < 1.29 is 23.1 Å². The molecule has 3 rings (SSSR count). The first-order valence-electron chi connectivity index (χ1n) is 7.66. The zero-order chi connectivity index (χ0) is 18.5. The molecule has 0 radical (unpaired) electrons. The summed E-state index contributed by atoms with van der Waals surface area (Å²) in [5.41, 5.74) is 0.891. The number of anilines is 2. The Morgan fingerprint density at radius 1 is 0.962 bits per heavy atom. The van der Waals surface area contributed by atoms with Crippen molar-refractivity contribution in [2.45, 2.75) is 0 Å². The number of rotatable bonds is 5. The molecular formula is C19H15FN2O4. The van der Waals surface area contributed by atoms with Gasteiger partial charge in [-0.2, -0.15) is 0 Å². The molecule has 0 spiro atoms. The zero-order valence-electron chi connectivity index (χ0n) is 13.8. The molecule has 6 nitrogen and oxygen atoms in total. The van der Waals surface area contributed by atoms with Gasteiger partial charge in [-0.1, -0.05) is 0 Å². The minimum atomic E-state index is -0.677. The molecule has 0 unspecified atom stereocenters. The maximum absolute atomic E-state index is 13.9. The third-order valence-corrected chi connectivity index (χ3v) is 3.57. The molecule has 26 heavy (non-hydrogen) atoms. The van der Waals surface area contributed by atoms with Crippen LogP contribution in [0.4, 0.5) is 15.8 Å². The van der Waals surface area contributed by atoms with Gasteiger partial charge in [0.05, 0.1) is 18.9 Å². The number of ether oxygens (including phenoxy) is 1. The number of carbonyl (C=O) groups excluding carboxylic acids is 2. The lowest BCUT2D eigenvalue weighted by molar-refractivity contribution is 0.0994. The van der Waals surface area contributed by atoms with Gasteiger partial charge < -0.3 is 19.8 Å². The largest absolute Gasteiger partial charge is 0.497 e. The predicted molar refractivity (Wildman–Crippen MR) is 94.0 cm³/mol. The smallest absolute Gasteiger partial charge is 0.291 e. The molecule has 0 saturated heterocycles. The Hall–Kier alpha value is -3.61. The second-order valence-electron chi connectivity index (χ2n) is 5.31. The molecule has 2 aromatic carbocycles. The molecule has 2 amide bonds. The Morgan fingerprint density at radius 3 is 2.15 bits per heavy atom. The van der Waals surface area contributed by atoms with Gasteiger partial charge in [0.2, 0.25) is 0 Å². The van der Waals surface area contributed by atoms with Gasteiger partial charge in [0.1, 0.15) is 11.6 Å². The Morgan fingerprint density at radius 2 is 1.62 bits per heavy atom. The lowest BCUT2D eigenvalue weighted by Crippen LogP contribution is -2.14. The Labute approximate surface area is 148 Å². The van der Waals surface area contributed by atoms with Crippen molar-refractivity contribution in [3.63, 3.8) is 0 Å². The number of hydrogen-bond donors (Lipinski definition) is 2. The highest BCUT2D eigenvalue weighted by molar-refractivity contribution is 6.05. The summed E-state index contributed by atoms with van der Waals surface area (Å²) < 4.78 is 23.8. The molecule has 0 bridgehead atoms. The van der Waals surface area contributed by atoms with Crippen molar-refractivity contribution in [1.29, 1.82) is 0 Å². The lowest BCUT2D eigenvalue weighted by atomic mass is 10.2. The predicted octanol–water partition coefficient (Wildman–Crippen LogP) is 3.93. The molecular weight excluding hydrogens is 339 g/mol. The third kappa shape index (κ3) is 3.89. The second kappa shape index (κ2) is 7.52. The first kappa shape index (κ1) is 17.2. The fourth-order valence-corrected chi connectivity index (χ4v) is 2.24. The summed E-state index contributed by atoms with van der Waals surface area (Å²) in [6.45, 7) is 0. The van der Waals surface area contributed by atoms with Crippen molar-refractivity contribution in [1.82, 2.24) is 0 Å². The van der Waals surface area contributed by atoms with E-state index in [-0.39, 0.29) is 17.2 Å². The molecule has 0 aliphatic carbocycles.